The van der Waals surface area contributed by atoms with Gasteiger partial charge in [-0.25, -0.2) is 4.68 Å². The molecule has 0 unspecified atom stereocenters. The fourth-order valence-corrected chi connectivity index (χ4v) is 2.15. The lowest BCUT2D eigenvalue weighted by atomic mass is 10.1. The SMILES string of the molecule is COc1ccc(Cc2c(CN)nnn2CC(C)C)cc1. The minimum Gasteiger partial charge on any atom is -0.497 e. The van der Waals surface area contributed by atoms with Gasteiger partial charge in [0.05, 0.1) is 18.5 Å². The number of benzene rings is 1. The Morgan fingerprint density at radius 3 is 2.50 bits per heavy atom. The second-order valence-electron chi connectivity index (χ2n) is 5.29. The van der Waals surface area contributed by atoms with Crippen LogP contribution in [0.2, 0.25) is 0 Å². The molecule has 0 aliphatic heterocycles. The third-order valence-electron chi connectivity index (χ3n) is 3.18. The molecule has 20 heavy (non-hydrogen) atoms. The molecule has 0 spiro atoms. The second-order valence-corrected chi connectivity index (χ2v) is 5.29. The molecule has 0 radical (unpaired) electrons. The molecule has 2 aromatic rings. The van der Waals surface area contributed by atoms with Crippen LogP contribution in [0.15, 0.2) is 24.3 Å². The van der Waals surface area contributed by atoms with Gasteiger partial charge in [-0.15, -0.1) is 5.10 Å². The molecule has 0 aliphatic carbocycles. The zero-order chi connectivity index (χ0) is 14.5. The van der Waals surface area contributed by atoms with Crippen LogP contribution >= 0.6 is 0 Å². The van der Waals surface area contributed by atoms with Gasteiger partial charge in [0.2, 0.25) is 0 Å². The molecule has 108 valence electrons. The van der Waals surface area contributed by atoms with Gasteiger partial charge in [-0.3, -0.25) is 0 Å². The van der Waals surface area contributed by atoms with Crippen molar-refractivity contribution in [2.24, 2.45) is 11.7 Å². The molecule has 2 N–H and O–H groups in total. The summed E-state index contributed by atoms with van der Waals surface area (Å²) in [6.07, 6.45) is 0.788. The maximum atomic E-state index is 5.76. The van der Waals surface area contributed by atoms with Crippen molar-refractivity contribution in [3.8, 4) is 5.75 Å². The third-order valence-corrected chi connectivity index (χ3v) is 3.18. The van der Waals surface area contributed by atoms with E-state index in [1.807, 2.05) is 16.8 Å². The largest absolute Gasteiger partial charge is 0.497 e. The minimum absolute atomic E-state index is 0.420. The Balaban J connectivity index is 2.23. The average molecular weight is 274 g/mol. The van der Waals surface area contributed by atoms with Crippen LogP contribution in [0.3, 0.4) is 0 Å². The van der Waals surface area contributed by atoms with Crippen LogP contribution in [0.25, 0.3) is 0 Å². The van der Waals surface area contributed by atoms with Gasteiger partial charge in [0.1, 0.15) is 5.75 Å². The third kappa shape index (κ3) is 3.36. The monoisotopic (exact) mass is 274 g/mol. The van der Waals surface area contributed by atoms with E-state index in [0.717, 1.165) is 30.1 Å². The molecular formula is C15H22N4O. The first kappa shape index (κ1) is 14.5. The number of ether oxygens (including phenoxy) is 1. The van der Waals surface area contributed by atoms with Crippen molar-refractivity contribution in [2.45, 2.75) is 33.4 Å². The van der Waals surface area contributed by atoms with Crippen LogP contribution in [0, 0.1) is 5.92 Å². The van der Waals surface area contributed by atoms with E-state index in [2.05, 4.69) is 36.3 Å². The molecule has 2 rings (SSSR count). The Labute approximate surface area is 119 Å². The van der Waals surface area contributed by atoms with E-state index in [4.69, 9.17) is 10.5 Å². The first-order valence-electron chi connectivity index (χ1n) is 6.88. The molecule has 0 aliphatic rings. The smallest absolute Gasteiger partial charge is 0.118 e. The predicted octanol–water partition coefficient (Wildman–Crippen LogP) is 1.99. The molecule has 1 heterocycles. The van der Waals surface area contributed by atoms with Crippen LogP contribution in [0.5, 0.6) is 5.75 Å². The number of methoxy groups -OCH3 is 1. The van der Waals surface area contributed by atoms with E-state index in [9.17, 15) is 0 Å². The number of hydrogen-bond acceptors (Lipinski definition) is 4. The number of rotatable bonds is 6. The first-order chi connectivity index (χ1) is 9.63. The van der Waals surface area contributed by atoms with Crippen molar-refractivity contribution < 1.29 is 4.74 Å². The molecule has 0 bridgehead atoms. The summed E-state index contributed by atoms with van der Waals surface area (Å²) >= 11 is 0. The molecule has 5 nitrogen and oxygen atoms in total. The highest BCUT2D eigenvalue weighted by Gasteiger charge is 2.13. The zero-order valence-electron chi connectivity index (χ0n) is 12.3. The van der Waals surface area contributed by atoms with E-state index < -0.39 is 0 Å². The van der Waals surface area contributed by atoms with Crippen molar-refractivity contribution in [3.05, 3.63) is 41.2 Å². The predicted molar refractivity (Wildman–Crippen MR) is 78.6 cm³/mol. The lowest BCUT2D eigenvalue weighted by Crippen LogP contribution is -2.12. The summed E-state index contributed by atoms with van der Waals surface area (Å²) in [5.74, 6) is 1.39. The number of hydrogen-bond donors (Lipinski definition) is 1. The Morgan fingerprint density at radius 1 is 1.25 bits per heavy atom. The average Bonchev–Trinajstić information content (AvgIpc) is 2.81. The number of nitrogens with zero attached hydrogens (tertiary/aromatic N) is 3. The van der Waals surface area contributed by atoms with Crippen molar-refractivity contribution in [2.75, 3.05) is 7.11 Å². The standard InChI is InChI=1S/C15H22N4O/c1-11(2)10-19-15(14(9-16)17-18-19)8-12-4-6-13(20-3)7-5-12/h4-7,11H,8-10,16H2,1-3H3. The van der Waals surface area contributed by atoms with Gasteiger partial charge in [-0.1, -0.05) is 31.2 Å². The Morgan fingerprint density at radius 2 is 1.95 bits per heavy atom. The van der Waals surface area contributed by atoms with Crippen molar-refractivity contribution >= 4 is 0 Å². The lowest BCUT2D eigenvalue weighted by molar-refractivity contribution is 0.414. The van der Waals surface area contributed by atoms with Crippen LogP contribution in [-0.2, 0) is 19.5 Å². The molecule has 0 fully saturated rings. The summed E-state index contributed by atoms with van der Waals surface area (Å²) in [4.78, 5) is 0. The Kier molecular flexibility index (Phi) is 4.74. The van der Waals surface area contributed by atoms with Gasteiger partial charge in [0.15, 0.2) is 0 Å². The summed E-state index contributed by atoms with van der Waals surface area (Å²) in [5, 5.41) is 8.40. The second kappa shape index (κ2) is 6.52. The molecule has 1 aromatic heterocycles. The topological polar surface area (TPSA) is 66.0 Å². The minimum atomic E-state index is 0.420. The highest BCUT2D eigenvalue weighted by Crippen LogP contribution is 2.17. The quantitative estimate of drug-likeness (QED) is 0.875. The van der Waals surface area contributed by atoms with Gasteiger partial charge in [-0.2, -0.15) is 0 Å². The normalized spacial score (nSPS) is 11.1. The van der Waals surface area contributed by atoms with Gasteiger partial charge in [0.25, 0.3) is 0 Å². The first-order valence-corrected chi connectivity index (χ1v) is 6.88. The van der Waals surface area contributed by atoms with Gasteiger partial charge in [0, 0.05) is 19.5 Å². The van der Waals surface area contributed by atoms with Crippen LogP contribution in [-0.4, -0.2) is 22.1 Å². The summed E-state index contributed by atoms with van der Waals surface area (Å²) in [7, 11) is 1.67. The summed E-state index contributed by atoms with van der Waals surface area (Å²) < 4.78 is 7.15. The van der Waals surface area contributed by atoms with E-state index in [1.54, 1.807) is 7.11 Å². The van der Waals surface area contributed by atoms with Crippen molar-refractivity contribution in [1.82, 2.24) is 15.0 Å². The molecule has 5 heteroatoms. The van der Waals surface area contributed by atoms with Gasteiger partial charge in [-0.05, 0) is 23.6 Å². The van der Waals surface area contributed by atoms with E-state index in [0.29, 0.717) is 12.5 Å². The summed E-state index contributed by atoms with van der Waals surface area (Å²) in [5.41, 5.74) is 8.94. The molecule has 0 atom stereocenters. The van der Waals surface area contributed by atoms with E-state index in [-0.39, 0.29) is 0 Å². The van der Waals surface area contributed by atoms with Crippen molar-refractivity contribution in [3.63, 3.8) is 0 Å². The van der Waals surface area contributed by atoms with E-state index in [1.165, 1.54) is 5.56 Å². The number of aromatic nitrogens is 3. The number of nitrogens with two attached hydrogens (primary N) is 1. The van der Waals surface area contributed by atoms with Gasteiger partial charge < -0.3 is 10.5 Å². The van der Waals surface area contributed by atoms with Crippen LogP contribution in [0.1, 0.15) is 30.8 Å². The molecule has 1 aromatic carbocycles. The summed E-state index contributed by atoms with van der Waals surface area (Å²) in [6, 6.07) is 8.06. The Hall–Kier alpha value is -1.88. The van der Waals surface area contributed by atoms with E-state index >= 15 is 0 Å². The zero-order valence-corrected chi connectivity index (χ0v) is 12.3. The maximum Gasteiger partial charge on any atom is 0.118 e. The fourth-order valence-electron chi connectivity index (χ4n) is 2.15. The lowest BCUT2D eigenvalue weighted by Gasteiger charge is -2.10. The van der Waals surface area contributed by atoms with Crippen LogP contribution in [0.4, 0.5) is 0 Å². The molecule has 0 amide bonds. The highest BCUT2D eigenvalue weighted by molar-refractivity contribution is 5.30. The maximum absolute atomic E-state index is 5.76. The van der Waals surface area contributed by atoms with Crippen molar-refractivity contribution in [1.29, 1.82) is 0 Å². The molecule has 0 saturated carbocycles. The van der Waals surface area contributed by atoms with Crippen LogP contribution < -0.4 is 10.5 Å². The fraction of sp³-hybridized carbons (Fsp3) is 0.467. The Bertz CT molecular complexity index is 546. The highest BCUT2D eigenvalue weighted by atomic mass is 16.5. The van der Waals surface area contributed by atoms with Gasteiger partial charge >= 0.3 is 0 Å². The molecular weight excluding hydrogens is 252 g/mol. The summed E-state index contributed by atoms with van der Waals surface area (Å²) in [6.45, 7) is 5.62. The molecule has 0 saturated heterocycles.